The van der Waals surface area contributed by atoms with Gasteiger partial charge in [-0.15, -0.1) is 5.10 Å². The molecule has 4 rings (SSSR count). The van der Waals surface area contributed by atoms with Crippen LogP contribution in [0, 0.1) is 19.3 Å². The Labute approximate surface area is 150 Å². The molecule has 0 amide bonds. The van der Waals surface area contributed by atoms with Gasteiger partial charge < -0.3 is 4.90 Å². The van der Waals surface area contributed by atoms with Crippen LogP contribution in [0.2, 0.25) is 0 Å². The SMILES string of the molecule is Cc1ccc(CN2CCC3(CCCN(c4ccc(C)nn4)C3)C2)cc1. The van der Waals surface area contributed by atoms with Gasteiger partial charge in [-0.3, -0.25) is 4.90 Å². The fourth-order valence-corrected chi connectivity index (χ4v) is 4.41. The topological polar surface area (TPSA) is 32.3 Å². The van der Waals surface area contributed by atoms with Crippen LogP contribution in [0.1, 0.15) is 36.1 Å². The molecule has 25 heavy (non-hydrogen) atoms. The Morgan fingerprint density at radius 3 is 2.52 bits per heavy atom. The van der Waals surface area contributed by atoms with Gasteiger partial charge in [-0.05, 0) is 57.4 Å². The highest BCUT2D eigenvalue weighted by atomic mass is 15.3. The van der Waals surface area contributed by atoms with E-state index in [1.807, 2.05) is 6.92 Å². The molecule has 2 saturated heterocycles. The molecule has 2 aliphatic heterocycles. The number of nitrogens with zero attached hydrogens (tertiary/aromatic N) is 4. The maximum Gasteiger partial charge on any atom is 0.151 e. The zero-order chi connectivity index (χ0) is 17.3. The number of aryl methyl sites for hydroxylation is 2. The van der Waals surface area contributed by atoms with E-state index in [0.29, 0.717) is 5.41 Å². The molecule has 3 heterocycles. The third kappa shape index (κ3) is 3.69. The van der Waals surface area contributed by atoms with Gasteiger partial charge in [0.1, 0.15) is 0 Å². The summed E-state index contributed by atoms with van der Waals surface area (Å²) in [5.41, 5.74) is 4.18. The number of hydrogen-bond donors (Lipinski definition) is 0. The van der Waals surface area contributed by atoms with Crippen LogP contribution in [-0.4, -0.2) is 41.3 Å². The molecular weight excluding hydrogens is 308 g/mol. The fourth-order valence-electron chi connectivity index (χ4n) is 4.41. The lowest BCUT2D eigenvalue weighted by Crippen LogP contribution is -2.45. The van der Waals surface area contributed by atoms with Crippen LogP contribution in [0.15, 0.2) is 36.4 Å². The van der Waals surface area contributed by atoms with Gasteiger partial charge >= 0.3 is 0 Å². The van der Waals surface area contributed by atoms with E-state index in [9.17, 15) is 0 Å². The van der Waals surface area contributed by atoms with Gasteiger partial charge in [-0.1, -0.05) is 29.8 Å². The summed E-state index contributed by atoms with van der Waals surface area (Å²) in [4.78, 5) is 5.08. The average molecular weight is 336 g/mol. The first-order valence-electron chi connectivity index (χ1n) is 9.45. The molecule has 1 atom stereocenters. The molecule has 0 saturated carbocycles. The quantitative estimate of drug-likeness (QED) is 0.857. The Kier molecular flexibility index (Phi) is 4.46. The van der Waals surface area contributed by atoms with E-state index in [2.05, 4.69) is 63.3 Å². The third-order valence-electron chi connectivity index (χ3n) is 5.81. The highest BCUT2D eigenvalue weighted by molar-refractivity contribution is 5.38. The summed E-state index contributed by atoms with van der Waals surface area (Å²) < 4.78 is 0. The van der Waals surface area contributed by atoms with E-state index < -0.39 is 0 Å². The van der Waals surface area contributed by atoms with Crippen molar-refractivity contribution in [3.8, 4) is 0 Å². The number of hydrogen-bond acceptors (Lipinski definition) is 4. The van der Waals surface area contributed by atoms with Crippen LogP contribution in [0.3, 0.4) is 0 Å². The standard InChI is InChI=1S/C21H28N4/c1-17-4-7-19(8-5-17)14-24-13-11-21(15-24)10-3-12-25(16-21)20-9-6-18(2)22-23-20/h4-9H,3,10-16H2,1-2H3. The van der Waals surface area contributed by atoms with Crippen LogP contribution < -0.4 is 4.90 Å². The van der Waals surface area contributed by atoms with Gasteiger partial charge in [0.05, 0.1) is 5.69 Å². The summed E-state index contributed by atoms with van der Waals surface area (Å²) in [6.07, 6.45) is 3.90. The van der Waals surface area contributed by atoms with Crippen LogP contribution >= 0.6 is 0 Å². The molecule has 4 heteroatoms. The molecule has 2 aliphatic rings. The van der Waals surface area contributed by atoms with Crippen molar-refractivity contribution in [1.82, 2.24) is 15.1 Å². The molecule has 0 bridgehead atoms. The first kappa shape index (κ1) is 16.5. The van der Waals surface area contributed by atoms with E-state index in [-0.39, 0.29) is 0 Å². The summed E-state index contributed by atoms with van der Waals surface area (Å²) in [7, 11) is 0. The summed E-state index contributed by atoms with van der Waals surface area (Å²) in [5.74, 6) is 1.04. The summed E-state index contributed by atoms with van der Waals surface area (Å²) >= 11 is 0. The van der Waals surface area contributed by atoms with Gasteiger partial charge in [0.25, 0.3) is 0 Å². The first-order valence-corrected chi connectivity index (χ1v) is 9.45. The van der Waals surface area contributed by atoms with Crippen molar-refractivity contribution in [3.63, 3.8) is 0 Å². The Hall–Kier alpha value is -1.94. The van der Waals surface area contributed by atoms with Crippen molar-refractivity contribution < 1.29 is 0 Å². The van der Waals surface area contributed by atoms with Gasteiger partial charge in [0, 0.05) is 31.6 Å². The minimum atomic E-state index is 0.426. The van der Waals surface area contributed by atoms with E-state index in [4.69, 9.17) is 0 Å². The van der Waals surface area contributed by atoms with Crippen LogP contribution in [-0.2, 0) is 6.54 Å². The maximum absolute atomic E-state index is 4.41. The third-order valence-corrected chi connectivity index (χ3v) is 5.81. The molecule has 1 spiro atoms. The number of aromatic nitrogens is 2. The first-order chi connectivity index (χ1) is 12.1. The van der Waals surface area contributed by atoms with Gasteiger partial charge in [0.2, 0.25) is 0 Å². The molecule has 0 radical (unpaired) electrons. The Bertz CT molecular complexity index is 710. The highest BCUT2D eigenvalue weighted by Gasteiger charge is 2.41. The smallest absolute Gasteiger partial charge is 0.151 e. The van der Waals surface area contributed by atoms with Crippen molar-refractivity contribution in [1.29, 1.82) is 0 Å². The van der Waals surface area contributed by atoms with Crippen molar-refractivity contribution in [2.45, 2.75) is 39.7 Å². The Morgan fingerprint density at radius 1 is 0.920 bits per heavy atom. The minimum absolute atomic E-state index is 0.426. The fraction of sp³-hybridized carbons (Fsp3) is 0.524. The second kappa shape index (κ2) is 6.75. The zero-order valence-electron chi connectivity index (χ0n) is 15.4. The lowest BCUT2D eigenvalue weighted by molar-refractivity contribution is 0.216. The molecule has 132 valence electrons. The molecule has 1 unspecified atom stereocenters. The normalized spacial score (nSPS) is 24.2. The summed E-state index contributed by atoms with van der Waals surface area (Å²) in [6, 6.07) is 13.2. The van der Waals surface area contributed by atoms with E-state index >= 15 is 0 Å². The maximum atomic E-state index is 4.41. The van der Waals surface area contributed by atoms with Gasteiger partial charge in [-0.2, -0.15) is 5.10 Å². The van der Waals surface area contributed by atoms with E-state index in [0.717, 1.165) is 31.1 Å². The number of rotatable bonds is 3. The van der Waals surface area contributed by atoms with Crippen molar-refractivity contribution >= 4 is 5.82 Å². The molecule has 0 N–H and O–H groups in total. The molecule has 4 nitrogen and oxygen atoms in total. The molecule has 2 aromatic rings. The van der Waals surface area contributed by atoms with Crippen molar-refractivity contribution in [2.24, 2.45) is 5.41 Å². The van der Waals surface area contributed by atoms with Gasteiger partial charge in [0.15, 0.2) is 5.82 Å². The van der Waals surface area contributed by atoms with Crippen LogP contribution in [0.5, 0.6) is 0 Å². The Morgan fingerprint density at radius 2 is 1.76 bits per heavy atom. The van der Waals surface area contributed by atoms with E-state index in [1.165, 1.54) is 43.5 Å². The summed E-state index contributed by atoms with van der Waals surface area (Å²) in [6.45, 7) is 9.87. The predicted molar refractivity (Wildman–Crippen MR) is 102 cm³/mol. The second-order valence-corrected chi connectivity index (χ2v) is 8.00. The summed E-state index contributed by atoms with van der Waals surface area (Å²) in [5, 5.41) is 8.66. The molecule has 1 aromatic carbocycles. The van der Waals surface area contributed by atoms with Crippen molar-refractivity contribution in [2.75, 3.05) is 31.1 Å². The second-order valence-electron chi connectivity index (χ2n) is 8.00. The number of anilines is 1. The molecule has 2 fully saturated rings. The number of piperidine rings is 1. The highest BCUT2D eigenvalue weighted by Crippen LogP contribution is 2.40. The van der Waals surface area contributed by atoms with Gasteiger partial charge in [-0.25, -0.2) is 0 Å². The Balaban J connectivity index is 1.42. The van der Waals surface area contributed by atoms with Crippen LogP contribution in [0.25, 0.3) is 0 Å². The number of likely N-dealkylation sites (tertiary alicyclic amines) is 1. The lowest BCUT2D eigenvalue weighted by Gasteiger charge is -2.41. The zero-order valence-corrected chi connectivity index (χ0v) is 15.4. The molecule has 0 aliphatic carbocycles. The largest absolute Gasteiger partial charge is 0.355 e. The molecular formula is C21H28N4. The minimum Gasteiger partial charge on any atom is -0.355 e. The number of benzene rings is 1. The lowest BCUT2D eigenvalue weighted by atomic mass is 9.79. The monoisotopic (exact) mass is 336 g/mol. The van der Waals surface area contributed by atoms with Crippen LogP contribution in [0.4, 0.5) is 5.82 Å². The molecule has 1 aromatic heterocycles. The predicted octanol–water partition coefficient (Wildman–Crippen LogP) is 3.59. The average Bonchev–Trinajstić information content (AvgIpc) is 2.99. The van der Waals surface area contributed by atoms with Crippen molar-refractivity contribution in [3.05, 3.63) is 53.2 Å². The van der Waals surface area contributed by atoms with E-state index in [1.54, 1.807) is 0 Å².